The first kappa shape index (κ1) is 22.6. The summed E-state index contributed by atoms with van der Waals surface area (Å²) in [6.45, 7) is 14.3. The average molecular weight is 172 g/mol. The molecule has 12 heavy (non-hydrogen) atoms. The molecule has 0 spiro atoms. The summed E-state index contributed by atoms with van der Waals surface area (Å²) in [5.41, 5.74) is 0. The third kappa shape index (κ3) is 2230. The van der Waals surface area contributed by atoms with Gasteiger partial charge in [0, 0.05) is 0 Å². The second kappa shape index (κ2) is 76.2. The van der Waals surface area contributed by atoms with E-state index in [-0.39, 0.29) is 0 Å². The number of hydrogen-bond donors (Lipinski definition) is 0. The Balaban J connectivity index is -0.0000000368. The standard InChI is InChI=1S/C4H10.C3H8.C3H4.C2H6/c1-3-4-2;2*1-3-2;1-2/h3-4H2,1-2H3;3H2,1-2H3;1H,2H3;1-2H3. The maximum atomic E-state index is 4.60. The minimum atomic E-state index is 1.25. The van der Waals surface area contributed by atoms with Gasteiger partial charge < -0.3 is 0 Å². The van der Waals surface area contributed by atoms with Crippen molar-refractivity contribution in [3.8, 4) is 12.3 Å². The molecule has 0 rings (SSSR count). The van der Waals surface area contributed by atoms with Crippen LogP contribution >= 0.6 is 0 Å². The van der Waals surface area contributed by atoms with Crippen LogP contribution in [-0.4, -0.2) is 0 Å². The molecule has 0 aliphatic carbocycles. The van der Waals surface area contributed by atoms with Crippen LogP contribution < -0.4 is 0 Å². The molecule has 0 saturated heterocycles. The van der Waals surface area contributed by atoms with Crippen LogP contribution in [0.1, 0.15) is 67.7 Å². The summed E-state index contributed by atoms with van der Waals surface area (Å²) in [6, 6.07) is 0. The zero-order valence-corrected chi connectivity index (χ0v) is 10.2. The van der Waals surface area contributed by atoms with Crippen molar-refractivity contribution in [1.29, 1.82) is 0 Å². The number of rotatable bonds is 1. The van der Waals surface area contributed by atoms with Crippen molar-refractivity contribution in [2.45, 2.75) is 67.7 Å². The van der Waals surface area contributed by atoms with Crippen LogP contribution in [0.25, 0.3) is 0 Å². The average Bonchev–Trinajstić information content (AvgIpc) is 2.10. The topological polar surface area (TPSA) is 0 Å². The van der Waals surface area contributed by atoms with Crippen LogP contribution in [0.4, 0.5) is 0 Å². The van der Waals surface area contributed by atoms with Gasteiger partial charge in [-0.05, 0) is 6.92 Å². The van der Waals surface area contributed by atoms with Gasteiger partial charge in [0.2, 0.25) is 0 Å². The Hall–Kier alpha value is -0.440. The molecule has 0 heterocycles. The minimum Gasteiger partial charge on any atom is -0.120 e. The van der Waals surface area contributed by atoms with Gasteiger partial charge in [-0.25, -0.2) is 0 Å². The van der Waals surface area contributed by atoms with Gasteiger partial charge in [-0.1, -0.05) is 60.8 Å². The summed E-state index contributed by atoms with van der Waals surface area (Å²) in [5, 5.41) is 0. The summed E-state index contributed by atoms with van der Waals surface area (Å²) in [6.07, 6.45) is 8.49. The van der Waals surface area contributed by atoms with E-state index in [1.807, 2.05) is 13.8 Å². The van der Waals surface area contributed by atoms with Gasteiger partial charge in [0.1, 0.15) is 0 Å². The lowest BCUT2D eigenvalue weighted by atomic mass is 10.4. The van der Waals surface area contributed by atoms with Gasteiger partial charge >= 0.3 is 0 Å². The molecule has 0 radical (unpaired) electrons. The Labute approximate surface area is 80.8 Å². The lowest BCUT2D eigenvalue weighted by Gasteiger charge is -1.68. The molecule has 76 valence electrons. The van der Waals surface area contributed by atoms with Gasteiger partial charge in [-0.3, -0.25) is 0 Å². The van der Waals surface area contributed by atoms with Gasteiger partial charge in [-0.2, -0.15) is 0 Å². The smallest absolute Gasteiger partial charge is 0.00297 e. The second-order valence-corrected chi connectivity index (χ2v) is 2.00. The van der Waals surface area contributed by atoms with E-state index in [9.17, 15) is 0 Å². The number of terminal acetylenes is 1. The molecule has 0 aliphatic heterocycles. The van der Waals surface area contributed by atoms with E-state index in [1.165, 1.54) is 19.3 Å². The van der Waals surface area contributed by atoms with Crippen molar-refractivity contribution < 1.29 is 0 Å². The van der Waals surface area contributed by atoms with Crippen molar-refractivity contribution in [3.63, 3.8) is 0 Å². The predicted molar refractivity (Wildman–Crippen MR) is 62.4 cm³/mol. The molecule has 0 saturated carbocycles. The molecule has 0 fully saturated rings. The minimum absolute atomic E-state index is 1.25. The summed E-state index contributed by atoms with van der Waals surface area (Å²) < 4.78 is 0. The predicted octanol–water partition coefficient (Wildman–Crippen LogP) is 4.89. The summed E-state index contributed by atoms with van der Waals surface area (Å²) in [7, 11) is 0. The summed E-state index contributed by atoms with van der Waals surface area (Å²) in [4.78, 5) is 0. The van der Waals surface area contributed by atoms with Crippen LogP contribution in [0, 0.1) is 12.3 Å². The maximum absolute atomic E-state index is 4.60. The largest absolute Gasteiger partial charge is 0.120 e. The highest BCUT2D eigenvalue weighted by Crippen LogP contribution is 1.76. The highest BCUT2D eigenvalue weighted by atomic mass is 13.6. The van der Waals surface area contributed by atoms with E-state index >= 15 is 0 Å². The zero-order valence-electron chi connectivity index (χ0n) is 10.2. The van der Waals surface area contributed by atoms with Crippen molar-refractivity contribution in [2.75, 3.05) is 0 Å². The molecule has 0 amide bonds. The van der Waals surface area contributed by atoms with Crippen molar-refractivity contribution >= 4 is 0 Å². The Morgan fingerprint density at radius 1 is 0.917 bits per heavy atom. The summed E-state index contributed by atoms with van der Waals surface area (Å²) in [5.74, 6) is 2.25. The van der Waals surface area contributed by atoms with Crippen LogP contribution in [0.15, 0.2) is 0 Å². The molecule has 0 atom stereocenters. The first-order chi connectivity index (χ1) is 5.74. The van der Waals surface area contributed by atoms with Crippen molar-refractivity contribution in [3.05, 3.63) is 0 Å². The van der Waals surface area contributed by atoms with E-state index in [0.717, 1.165) is 0 Å². The molecule has 0 unspecified atom stereocenters. The Kier molecular flexibility index (Phi) is 143. The van der Waals surface area contributed by atoms with Crippen LogP contribution in [0.5, 0.6) is 0 Å². The van der Waals surface area contributed by atoms with E-state index in [0.29, 0.717) is 0 Å². The quantitative estimate of drug-likeness (QED) is 0.494. The molecular formula is C12H28. The molecule has 0 aromatic rings. The molecular weight excluding hydrogens is 144 g/mol. The maximum Gasteiger partial charge on any atom is -0.00297 e. The normalized spacial score (nSPS) is 5.17. The molecule has 0 N–H and O–H groups in total. The van der Waals surface area contributed by atoms with E-state index in [1.54, 1.807) is 6.92 Å². The van der Waals surface area contributed by atoms with E-state index < -0.39 is 0 Å². The SMILES string of the molecule is C#CC.CC.CCC.CCCC. The van der Waals surface area contributed by atoms with Crippen LogP contribution in [-0.2, 0) is 0 Å². The molecule has 0 aliphatic rings. The number of hydrogen-bond acceptors (Lipinski definition) is 0. The van der Waals surface area contributed by atoms with E-state index in [4.69, 9.17) is 0 Å². The lowest BCUT2D eigenvalue weighted by molar-refractivity contribution is 0.886. The Morgan fingerprint density at radius 3 is 1.00 bits per heavy atom. The summed E-state index contributed by atoms with van der Waals surface area (Å²) >= 11 is 0. The molecule has 0 aromatic carbocycles. The van der Waals surface area contributed by atoms with Gasteiger partial charge in [0.15, 0.2) is 0 Å². The first-order valence-electron chi connectivity index (χ1n) is 5.12. The molecule has 0 aromatic heterocycles. The fraction of sp³-hybridized carbons (Fsp3) is 0.833. The van der Waals surface area contributed by atoms with Gasteiger partial charge in [0.25, 0.3) is 0 Å². The Morgan fingerprint density at radius 2 is 1.00 bits per heavy atom. The third-order valence-electron chi connectivity index (χ3n) is 0.500. The van der Waals surface area contributed by atoms with Crippen molar-refractivity contribution in [1.82, 2.24) is 0 Å². The molecule has 0 heteroatoms. The zero-order chi connectivity index (χ0) is 10.8. The second-order valence-electron chi connectivity index (χ2n) is 2.00. The number of unbranched alkanes of at least 4 members (excludes halogenated alkanes) is 1. The fourth-order valence-corrected chi connectivity index (χ4v) is 0. The van der Waals surface area contributed by atoms with Crippen LogP contribution in [0.2, 0.25) is 0 Å². The van der Waals surface area contributed by atoms with Crippen molar-refractivity contribution in [2.24, 2.45) is 0 Å². The highest BCUT2D eigenvalue weighted by molar-refractivity contribution is 4.73. The fourth-order valence-electron chi connectivity index (χ4n) is 0. The molecule has 0 bridgehead atoms. The van der Waals surface area contributed by atoms with Crippen LogP contribution in [0.3, 0.4) is 0 Å². The Bertz CT molecular complexity index is 45.5. The van der Waals surface area contributed by atoms with Gasteiger partial charge in [-0.15, -0.1) is 12.3 Å². The van der Waals surface area contributed by atoms with E-state index in [2.05, 4.69) is 40.0 Å². The lowest BCUT2D eigenvalue weighted by Crippen LogP contribution is -1.47. The first-order valence-corrected chi connectivity index (χ1v) is 5.12. The molecule has 0 nitrogen and oxygen atoms in total. The monoisotopic (exact) mass is 172 g/mol. The van der Waals surface area contributed by atoms with Gasteiger partial charge in [0.05, 0.1) is 0 Å². The third-order valence-corrected chi connectivity index (χ3v) is 0.500. The highest BCUT2D eigenvalue weighted by Gasteiger charge is 1.56.